The van der Waals surface area contributed by atoms with Gasteiger partial charge in [-0.1, -0.05) is 0 Å². The van der Waals surface area contributed by atoms with Gasteiger partial charge in [0.1, 0.15) is 17.3 Å². The van der Waals surface area contributed by atoms with E-state index in [9.17, 15) is 22.5 Å². The number of nitrogens with one attached hydrogen (secondary N) is 1. The molecule has 150 valence electrons. The average molecular weight is 409 g/mol. The largest absolute Gasteiger partial charge is 0.369 e. The molecule has 3 rings (SSSR count). The molecule has 2 aromatic rings. The predicted octanol–water partition coefficient (Wildman–Crippen LogP) is 2.28. The van der Waals surface area contributed by atoms with E-state index in [0.717, 1.165) is 11.1 Å². The van der Waals surface area contributed by atoms with E-state index >= 15 is 0 Å². The number of fused-ring (bicyclic) bond motifs is 1. The maximum atomic E-state index is 13.5. The molecule has 7 nitrogen and oxygen atoms in total. The van der Waals surface area contributed by atoms with Crippen molar-refractivity contribution in [3.63, 3.8) is 0 Å². The van der Waals surface area contributed by atoms with Crippen LogP contribution in [-0.2, 0) is 10.2 Å². The summed E-state index contributed by atoms with van der Waals surface area (Å²) in [6.45, 7) is 5.09. The van der Waals surface area contributed by atoms with Gasteiger partial charge in [-0.15, -0.1) is 0 Å². The van der Waals surface area contributed by atoms with Gasteiger partial charge in [-0.25, -0.2) is 23.6 Å². The van der Waals surface area contributed by atoms with Crippen molar-refractivity contribution in [2.45, 2.75) is 26.7 Å². The third-order valence-electron chi connectivity index (χ3n) is 5.05. The predicted molar refractivity (Wildman–Crippen MR) is 102 cm³/mol. The minimum Gasteiger partial charge on any atom is -0.369 e. The highest BCUT2D eigenvalue weighted by Gasteiger charge is 2.32. The molecule has 0 saturated carbocycles. The van der Waals surface area contributed by atoms with Gasteiger partial charge in [0.15, 0.2) is 0 Å². The highest BCUT2D eigenvalue weighted by atomic mass is 32.2. The first-order valence-corrected chi connectivity index (χ1v) is 10.3. The Bertz CT molecular complexity index is 1060. The average Bonchev–Trinajstić information content (AvgIpc) is 2.56. The number of rotatable bonds is 6. The van der Waals surface area contributed by atoms with Crippen LogP contribution < -0.4 is 14.8 Å². The molecule has 1 fully saturated rings. The van der Waals surface area contributed by atoms with E-state index in [4.69, 9.17) is 5.14 Å². The molecule has 3 N–H and O–H groups in total. The quantitative estimate of drug-likeness (QED) is 0.760. The van der Waals surface area contributed by atoms with Crippen molar-refractivity contribution in [1.29, 1.82) is 5.26 Å². The molecule has 10 heteroatoms. The number of nitrogens with two attached hydrogens (primary N) is 1. The molecule has 1 aromatic heterocycles. The van der Waals surface area contributed by atoms with Gasteiger partial charge in [0.25, 0.3) is 16.6 Å². The highest BCUT2D eigenvalue weighted by Crippen LogP contribution is 2.39. The fourth-order valence-corrected chi connectivity index (χ4v) is 3.86. The van der Waals surface area contributed by atoms with Crippen LogP contribution in [0.25, 0.3) is 10.9 Å². The molecule has 28 heavy (non-hydrogen) atoms. The van der Waals surface area contributed by atoms with E-state index in [-0.39, 0.29) is 18.0 Å². The van der Waals surface area contributed by atoms with Gasteiger partial charge in [-0.3, -0.25) is 0 Å². The van der Waals surface area contributed by atoms with Gasteiger partial charge in [0.05, 0.1) is 11.2 Å². The molecule has 0 bridgehead atoms. The van der Waals surface area contributed by atoms with Crippen LogP contribution in [-0.4, -0.2) is 33.0 Å². The molecular formula is C18H21F2N5O2S. The van der Waals surface area contributed by atoms with Crippen molar-refractivity contribution in [1.82, 2.24) is 9.71 Å². The number of nitriles is 1. The Morgan fingerprint density at radius 1 is 1.36 bits per heavy atom. The van der Waals surface area contributed by atoms with Crippen LogP contribution in [0.4, 0.5) is 14.5 Å². The van der Waals surface area contributed by atoms with Crippen molar-refractivity contribution >= 4 is 26.8 Å². The van der Waals surface area contributed by atoms with Gasteiger partial charge in [0.2, 0.25) is 0 Å². The lowest BCUT2D eigenvalue weighted by Crippen LogP contribution is -2.48. The third kappa shape index (κ3) is 4.06. The molecule has 0 aliphatic carbocycles. The van der Waals surface area contributed by atoms with E-state index in [2.05, 4.69) is 9.71 Å². The van der Waals surface area contributed by atoms with Crippen molar-refractivity contribution in [3.05, 3.63) is 34.5 Å². The summed E-state index contributed by atoms with van der Waals surface area (Å²) in [5.74, 6) is 0.172. The number of nitrogens with zero attached hydrogens (tertiary/aromatic N) is 3. The summed E-state index contributed by atoms with van der Waals surface area (Å²) < 4.78 is 51.2. The molecule has 0 radical (unpaired) electrons. The molecule has 1 aliphatic rings. The van der Waals surface area contributed by atoms with E-state index in [0.29, 0.717) is 36.1 Å². The van der Waals surface area contributed by atoms with Gasteiger partial charge in [-0.05, 0) is 49.4 Å². The Hall–Kier alpha value is -2.35. The van der Waals surface area contributed by atoms with Crippen LogP contribution >= 0.6 is 0 Å². The molecule has 1 aliphatic heterocycles. The summed E-state index contributed by atoms with van der Waals surface area (Å²) in [5, 5.41) is 15.1. The zero-order valence-corrected chi connectivity index (χ0v) is 16.4. The number of alkyl halides is 2. The second-order valence-electron chi connectivity index (χ2n) is 7.09. The molecule has 1 aromatic carbocycles. The minimum absolute atomic E-state index is 0.105. The van der Waals surface area contributed by atoms with Crippen molar-refractivity contribution in [3.8, 4) is 6.07 Å². The Morgan fingerprint density at radius 3 is 2.57 bits per heavy atom. The van der Waals surface area contributed by atoms with Crippen molar-refractivity contribution in [2.75, 3.05) is 24.5 Å². The number of aromatic nitrogens is 1. The van der Waals surface area contributed by atoms with Gasteiger partial charge in [-0.2, -0.15) is 13.7 Å². The van der Waals surface area contributed by atoms with Crippen LogP contribution in [0.1, 0.15) is 35.2 Å². The number of benzene rings is 1. The van der Waals surface area contributed by atoms with E-state index in [1.807, 2.05) is 30.9 Å². The van der Waals surface area contributed by atoms with E-state index < -0.39 is 22.3 Å². The van der Waals surface area contributed by atoms with Gasteiger partial charge < -0.3 is 4.90 Å². The summed E-state index contributed by atoms with van der Waals surface area (Å²) in [7, 11) is -3.73. The van der Waals surface area contributed by atoms with Crippen LogP contribution in [0.5, 0.6) is 0 Å². The van der Waals surface area contributed by atoms with Crippen molar-refractivity contribution < 1.29 is 17.2 Å². The summed E-state index contributed by atoms with van der Waals surface area (Å²) in [4.78, 5) is 5.93. The second kappa shape index (κ2) is 7.58. The number of hydrogen-bond acceptors (Lipinski definition) is 5. The first-order valence-electron chi connectivity index (χ1n) is 8.76. The lowest BCUT2D eigenvalue weighted by molar-refractivity contribution is 0.146. The zero-order chi connectivity index (χ0) is 20.6. The van der Waals surface area contributed by atoms with Crippen LogP contribution in [0.15, 0.2) is 12.1 Å². The minimum atomic E-state index is -3.73. The maximum absolute atomic E-state index is 13.5. The van der Waals surface area contributed by atoms with Crippen molar-refractivity contribution in [2.24, 2.45) is 11.1 Å². The molecule has 0 amide bonds. The number of aryl methyl sites for hydroxylation is 2. The second-order valence-corrected chi connectivity index (χ2v) is 8.46. The third-order valence-corrected chi connectivity index (χ3v) is 5.66. The summed E-state index contributed by atoms with van der Waals surface area (Å²) in [5.41, 5.74) is 2.22. The Balaban J connectivity index is 1.94. The summed E-state index contributed by atoms with van der Waals surface area (Å²) >= 11 is 0. The lowest BCUT2D eigenvalue weighted by Gasteiger charge is -2.42. The first kappa shape index (κ1) is 20.4. The summed E-state index contributed by atoms with van der Waals surface area (Å²) in [6.07, 6.45) is -2.28. The maximum Gasteiger partial charge on any atom is 0.281 e. The molecule has 2 heterocycles. The highest BCUT2D eigenvalue weighted by molar-refractivity contribution is 7.87. The lowest BCUT2D eigenvalue weighted by atomic mass is 9.92. The normalized spacial score (nSPS) is 15.1. The zero-order valence-electron chi connectivity index (χ0n) is 15.5. The SMILES string of the molecule is Cc1cc2nc(C(F)F)c(C#N)c(N3CC(CCNS(N)(=O)=O)C3)c2cc1C. The number of halogens is 2. The number of pyridine rings is 1. The van der Waals surface area contributed by atoms with E-state index in [1.165, 1.54) is 0 Å². The molecular weight excluding hydrogens is 388 g/mol. The van der Waals surface area contributed by atoms with Crippen LogP contribution in [0, 0.1) is 31.1 Å². The molecule has 0 spiro atoms. The number of hydrogen-bond donors (Lipinski definition) is 2. The van der Waals surface area contributed by atoms with Crippen LogP contribution in [0.2, 0.25) is 0 Å². The number of anilines is 1. The van der Waals surface area contributed by atoms with E-state index in [1.54, 1.807) is 6.07 Å². The monoisotopic (exact) mass is 409 g/mol. The van der Waals surface area contributed by atoms with Gasteiger partial charge in [0, 0.05) is 25.0 Å². The topological polar surface area (TPSA) is 112 Å². The fraction of sp³-hybridized carbons (Fsp3) is 0.444. The first-order chi connectivity index (χ1) is 13.1. The Labute approximate surface area is 162 Å². The standard InChI is InChI=1S/C18H21F2N5O2S/c1-10-5-13-15(6-11(10)2)24-16(18(19)20)14(7-21)17(13)25-8-12(9-25)3-4-23-28(22,26)27/h5-6,12,18,23H,3-4,8-9H2,1-2H3,(H2,22,26,27). The molecule has 1 saturated heterocycles. The molecule has 0 unspecified atom stereocenters. The Morgan fingerprint density at radius 2 is 2.00 bits per heavy atom. The van der Waals surface area contributed by atoms with Crippen LogP contribution in [0.3, 0.4) is 0 Å². The van der Waals surface area contributed by atoms with Gasteiger partial charge >= 0.3 is 0 Å². The molecule has 0 atom stereocenters. The summed E-state index contributed by atoms with van der Waals surface area (Å²) in [6, 6.07) is 5.54. The Kier molecular flexibility index (Phi) is 5.52. The smallest absolute Gasteiger partial charge is 0.281 e. The fourth-order valence-electron chi connectivity index (χ4n) is 3.46.